The van der Waals surface area contributed by atoms with E-state index < -0.39 is 5.97 Å². The molecule has 29 heavy (non-hydrogen) atoms. The normalized spacial score (nSPS) is 15.3. The minimum absolute atomic E-state index is 0.0545. The number of hydrogen-bond donors (Lipinski definition) is 1. The lowest BCUT2D eigenvalue weighted by molar-refractivity contribution is -0.120. The molecule has 156 valence electrons. The van der Waals surface area contributed by atoms with E-state index in [1.165, 1.54) is 18.4 Å². The molecule has 6 nitrogen and oxygen atoms in total. The van der Waals surface area contributed by atoms with Crippen molar-refractivity contribution in [1.29, 1.82) is 0 Å². The van der Waals surface area contributed by atoms with Gasteiger partial charge in [-0.05, 0) is 36.5 Å². The predicted octanol–water partition coefficient (Wildman–Crippen LogP) is 4.74. The standard InChI is InChI=1S/C21H26ClN3O3S/c1-21(2,3)16-11-15(20(27)28-4)19(29-16)24-18(26)13-7-9-25(10-8-13)17-6-5-14(22)12-23-17/h5-6,11-13H,7-10H2,1-4H3,(H,24,26). The van der Waals surface area contributed by atoms with Crippen molar-refractivity contribution in [2.45, 2.75) is 39.0 Å². The van der Waals surface area contributed by atoms with Gasteiger partial charge < -0.3 is 15.0 Å². The van der Waals surface area contributed by atoms with E-state index in [0.29, 0.717) is 15.6 Å². The van der Waals surface area contributed by atoms with Crippen molar-refractivity contribution in [2.75, 3.05) is 30.4 Å². The van der Waals surface area contributed by atoms with Crippen molar-refractivity contribution in [3.63, 3.8) is 0 Å². The molecule has 1 amide bonds. The lowest BCUT2D eigenvalue weighted by Gasteiger charge is -2.32. The van der Waals surface area contributed by atoms with Crippen molar-refractivity contribution >= 4 is 45.6 Å². The number of halogens is 1. The number of thiophene rings is 1. The maximum atomic E-state index is 12.9. The summed E-state index contributed by atoms with van der Waals surface area (Å²) in [6, 6.07) is 5.53. The van der Waals surface area contributed by atoms with E-state index >= 15 is 0 Å². The van der Waals surface area contributed by atoms with Crippen LogP contribution in [0.2, 0.25) is 5.02 Å². The van der Waals surface area contributed by atoms with Crippen LogP contribution in [0, 0.1) is 5.92 Å². The molecule has 0 spiro atoms. The highest BCUT2D eigenvalue weighted by molar-refractivity contribution is 7.16. The Labute approximate surface area is 180 Å². The summed E-state index contributed by atoms with van der Waals surface area (Å²) in [7, 11) is 1.35. The van der Waals surface area contributed by atoms with Gasteiger partial charge in [0.15, 0.2) is 0 Å². The summed E-state index contributed by atoms with van der Waals surface area (Å²) >= 11 is 7.34. The van der Waals surface area contributed by atoms with Crippen LogP contribution >= 0.6 is 22.9 Å². The van der Waals surface area contributed by atoms with E-state index in [4.69, 9.17) is 16.3 Å². The summed E-state index contributed by atoms with van der Waals surface area (Å²) < 4.78 is 4.89. The highest BCUT2D eigenvalue weighted by atomic mass is 35.5. The lowest BCUT2D eigenvalue weighted by atomic mass is 9.94. The van der Waals surface area contributed by atoms with E-state index in [1.807, 2.05) is 18.2 Å². The summed E-state index contributed by atoms with van der Waals surface area (Å²) in [5.74, 6) is 0.274. The molecule has 0 atom stereocenters. The fraction of sp³-hybridized carbons (Fsp3) is 0.476. The van der Waals surface area contributed by atoms with Gasteiger partial charge in [0.05, 0.1) is 17.7 Å². The van der Waals surface area contributed by atoms with Gasteiger partial charge in [0.1, 0.15) is 10.8 Å². The topological polar surface area (TPSA) is 71.5 Å². The zero-order chi connectivity index (χ0) is 21.2. The summed E-state index contributed by atoms with van der Waals surface area (Å²) in [5.41, 5.74) is 0.298. The Morgan fingerprint density at radius 1 is 1.28 bits per heavy atom. The average Bonchev–Trinajstić information content (AvgIpc) is 3.12. The molecule has 8 heteroatoms. The predicted molar refractivity (Wildman–Crippen MR) is 117 cm³/mol. The van der Waals surface area contributed by atoms with E-state index in [9.17, 15) is 9.59 Å². The molecular weight excluding hydrogens is 410 g/mol. The fourth-order valence-electron chi connectivity index (χ4n) is 3.25. The molecule has 0 aliphatic carbocycles. The van der Waals surface area contributed by atoms with Crippen molar-refractivity contribution in [3.8, 4) is 0 Å². The Balaban J connectivity index is 1.67. The minimum Gasteiger partial charge on any atom is -0.465 e. The van der Waals surface area contributed by atoms with Crippen molar-refractivity contribution < 1.29 is 14.3 Å². The van der Waals surface area contributed by atoms with Gasteiger partial charge in [0.25, 0.3) is 0 Å². The number of esters is 1. The molecule has 1 saturated heterocycles. The molecule has 1 fully saturated rings. The second kappa shape index (κ2) is 8.71. The van der Waals surface area contributed by atoms with E-state index in [-0.39, 0.29) is 17.2 Å². The number of piperidine rings is 1. The van der Waals surface area contributed by atoms with Gasteiger partial charge in [0.2, 0.25) is 5.91 Å². The molecule has 2 aromatic heterocycles. The SMILES string of the molecule is COC(=O)c1cc(C(C)(C)C)sc1NC(=O)C1CCN(c2ccc(Cl)cn2)CC1. The van der Waals surface area contributed by atoms with Crippen LogP contribution in [0.4, 0.5) is 10.8 Å². The second-order valence-corrected chi connectivity index (χ2v) is 9.67. The van der Waals surface area contributed by atoms with Gasteiger partial charge >= 0.3 is 5.97 Å². The maximum Gasteiger partial charge on any atom is 0.340 e. The molecule has 0 saturated carbocycles. The third kappa shape index (κ3) is 5.08. The van der Waals surface area contributed by atoms with Gasteiger partial charge in [-0.25, -0.2) is 9.78 Å². The van der Waals surface area contributed by atoms with Crippen LogP contribution < -0.4 is 10.2 Å². The zero-order valence-electron chi connectivity index (χ0n) is 17.1. The molecule has 0 bridgehead atoms. The molecule has 2 aromatic rings. The number of nitrogens with one attached hydrogen (secondary N) is 1. The molecular formula is C21H26ClN3O3S. The Morgan fingerprint density at radius 2 is 1.97 bits per heavy atom. The largest absolute Gasteiger partial charge is 0.465 e. The van der Waals surface area contributed by atoms with Crippen LogP contribution in [-0.2, 0) is 14.9 Å². The number of pyridine rings is 1. The molecule has 3 heterocycles. The van der Waals surface area contributed by atoms with E-state index in [0.717, 1.165) is 36.6 Å². The Bertz CT molecular complexity index is 882. The number of nitrogens with zero attached hydrogens (tertiary/aromatic N) is 2. The fourth-order valence-corrected chi connectivity index (χ4v) is 4.47. The Morgan fingerprint density at radius 3 is 2.52 bits per heavy atom. The highest BCUT2D eigenvalue weighted by Gasteiger charge is 2.29. The minimum atomic E-state index is -0.435. The van der Waals surface area contributed by atoms with E-state index in [2.05, 4.69) is 36.0 Å². The highest BCUT2D eigenvalue weighted by Crippen LogP contribution is 2.37. The summed E-state index contributed by atoms with van der Waals surface area (Å²) in [4.78, 5) is 32.6. The van der Waals surface area contributed by atoms with Crippen LogP contribution in [0.15, 0.2) is 24.4 Å². The molecule has 0 unspecified atom stereocenters. The van der Waals surface area contributed by atoms with Crippen molar-refractivity contribution in [2.24, 2.45) is 5.92 Å². The molecule has 1 aliphatic heterocycles. The van der Waals surface area contributed by atoms with Crippen LogP contribution in [0.3, 0.4) is 0 Å². The average molecular weight is 436 g/mol. The van der Waals surface area contributed by atoms with Crippen LogP contribution in [0.25, 0.3) is 0 Å². The van der Waals surface area contributed by atoms with Crippen LogP contribution in [-0.4, -0.2) is 37.1 Å². The lowest BCUT2D eigenvalue weighted by Crippen LogP contribution is -2.38. The Hall–Kier alpha value is -2.12. The second-order valence-electron chi connectivity index (χ2n) is 8.18. The first kappa shape index (κ1) is 21.6. The molecule has 1 N–H and O–H groups in total. The van der Waals surface area contributed by atoms with Gasteiger partial charge in [0, 0.05) is 30.1 Å². The number of hydrogen-bond acceptors (Lipinski definition) is 6. The molecule has 0 radical (unpaired) electrons. The summed E-state index contributed by atoms with van der Waals surface area (Å²) in [6.45, 7) is 7.71. The number of ether oxygens (including phenoxy) is 1. The third-order valence-electron chi connectivity index (χ3n) is 5.01. The van der Waals surface area contributed by atoms with Crippen LogP contribution in [0.1, 0.15) is 48.8 Å². The van der Waals surface area contributed by atoms with Gasteiger partial charge in [-0.1, -0.05) is 32.4 Å². The first-order valence-corrected chi connectivity index (χ1v) is 10.8. The molecule has 0 aromatic carbocycles. The quantitative estimate of drug-likeness (QED) is 0.702. The van der Waals surface area contributed by atoms with E-state index in [1.54, 1.807) is 6.20 Å². The monoisotopic (exact) mass is 435 g/mol. The number of anilines is 2. The Kier molecular flexibility index (Phi) is 6.49. The molecule has 1 aliphatic rings. The first-order valence-electron chi connectivity index (χ1n) is 9.59. The van der Waals surface area contributed by atoms with Crippen molar-refractivity contribution in [3.05, 3.63) is 39.9 Å². The number of amides is 1. The maximum absolute atomic E-state index is 12.9. The summed E-state index contributed by atoms with van der Waals surface area (Å²) in [6.07, 6.45) is 3.08. The van der Waals surface area contributed by atoms with Gasteiger partial charge in [-0.15, -0.1) is 11.3 Å². The number of carbonyl (C=O) groups excluding carboxylic acids is 2. The van der Waals surface area contributed by atoms with Crippen LogP contribution in [0.5, 0.6) is 0 Å². The van der Waals surface area contributed by atoms with Crippen molar-refractivity contribution in [1.82, 2.24) is 4.98 Å². The smallest absolute Gasteiger partial charge is 0.340 e. The zero-order valence-corrected chi connectivity index (χ0v) is 18.7. The number of methoxy groups -OCH3 is 1. The molecule has 3 rings (SSSR count). The first-order chi connectivity index (χ1) is 13.7. The van der Waals surface area contributed by atoms with Gasteiger partial charge in [-0.3, -0.25) is 4.79 Å². The number of aromatic nitrogens is 1. The number of rotatable bonds is 4. The number of carbonyl (C=O) groups is 2. The summed E-state index contributed by atoms with van der Waals surface area (Å²) in [5, 5.41) is 4.15. The third-order valence-corrected chi connectivity index (χ3v) is 6.71. The van der Waals surface area contributed by atoms with Gasteiger partial charge in [-0.2, -0.15) is 0 Å².